The molecule has 0 aliphatic carbocycles. The Labute approximate surface area is 155 Å². The van der Waals surface area contributed by atoms with E-state index in [9.17, 15) is 0 Å². The van der Waals surface area contributed by atoms with E-state index in [0.29, 0.717) is 12.1 Å². The Morgan fingerprint density at radius 1 is 1.20 bits per heavy atom. The summed E-state index contributed by atoms with van der Waals surface area (Å²) in [4.78, 5) is 10.8. The molecule has 4 heterocycles. The van der Waals surface area contributed by atoms with E-state index < -0.39 is 0 Å². The third-order valence-electron chi connectivity index (χ3n) is 5.36. The molecule has 1 aromatic carbocycles. The van der Waals surface area contributed by atoms with Crippen molar-refractivity contribution in [1.82, 2.24) is 19.5 Å². The SMILES string of the molecule is CC1CN2CCCC2CN1c1nn2cc(-c3ccc(Cl)cc3)nc2s1. The zero-order chi connectivity index (χ0) is 17.0. The van der Waals surface area contributed by atoms with Crippen LogP contribution in [-0.2, 0) is 0 Å². The lowest BCUT2D eigenvalue weighted by Crippen LogP contribution is -2.55. The number of benzene rings is 1. The van der Waals surface area contributed by atoms with Crippen LogP contribution in [0.5, 0.6) is 0 Å². The molecule has 2 aliphatic heterocycles. The van der Waals surface area contributed by atoms with Gasteiger partial charge in [0.2, 0.25) is 10.1 Å². The molecule has 0 N–H and O–H groups in total. The van der Waals surface area contributed by atoms with Crippen LogP contribution in [0.15, 0.2) is 30.5 Å². The Kier molecular flexibility index (Phi) is 3.73. The summed E-state index contributed by atoms with van der Waals surface area (Å²) >= 11 is 7.65. The number of imidazole rings is 1. The molecule has 0 amide bonds. The molecule has 5 nitrogen and oxygen atoms in total. The van der Waals surface area contributed by atoms with Gasteiger partial charge in [-0.2, -0.15) is 0 Å². The molecule has 2 unspecified atom stereocenters. The maximum atomic E-state index is 5.97. The minimum atomic E-state index is 0.501. The van der Waals surface area contributed by atoms with Gasteiger partial charge in [0.15, 0.2) is 0 Å². The van der Waals surface area contributed by atoms with Crippen LogP contribution in [0.3, 0.4) is 0 Å². The predicted octanol–water partition coefficient (Wildman–Crippen LogP) is 3.78. The molecule has 130 valence electrons. The average molecular weight is 374 g/mol. The van der Waals surface area contributed by atoms with E-state index in [-0.39, 0.29) is 0 Å². The lowest BCUT2D eigenvalue weighted by atomic mass is 10.1. The molecule has 2 aromatic heterocycles. The van der Waals surface area contributed by atoms with Crippen molar-refractivity contribution in [2.24, 2.45) is 0 Å². The number of halogens is 1. The molecule has 0 saturated carbocycles. The van der Waals surface area contributed by atoms with Crippen molar-refractivity contribution < 1.29 is 0 Å². The normalized spacial score (nSPS) is 24.2. The second-order valence-corrected chi connectivity index (χ2v) is 8.41. The summed E-state index contributed by atoms with van der Waals surface area (Å²) in [6.07, 6.45) is 4.65. The van der Waals surface area contributed by atoms with E-state index in [1.807, 2.05) is 35.0 Å². The van der Waals surface area contributed by atoms with Crippen molar-refractivity contribution >= 4 is 33.0 Å². The molecule has 25 heavy (non-hydrogen) atoms. The number of hydrogen-bond acceptors (Lipinski definition) is 5. The van der Waals surface area contributed by atoms with Gasteiger partial charge in [0.1, 0.15) is 0 Å². The fourth-order valence-corrected chi connectivity index (χ4v) is 5.14. The van der Waals surface area contributed by atoms with Gasteiger partial charge in [-0.15, -0.1) is 5.10 Å². The Balaban J connectivity index is 1.43. The minimum Gasteiger partial charge on any atom is -0.341 e. The van der Waals surface area contributed by atoms with Crippen LogP contribution in [-0.4, -0.2) is 51.2 Å². The number of hydrogen-bond donors (Lipinski definition) is 0. The van der Waals surface area contributed by atoms with E-state index in [0.717, 1.165) is 39.5 Å². The molecule has 2 saturated heterocycles. The van der Waals surface area contributed by atoms with Crippen molar-refractivity contribution in [3.8, 4) is 11.3 Å². The van der Waals surface area contributed by atoms with E-state index in [1.165, 1.54) is 19.4 Å². The highest BCUT2D eigenvalue weighted by atomic mass is 35.5. The maximum absolute atomic E-state index is 5.97. The van der Waals surface area contributed by atoms with Gasteiger partial charge >= 0.3 is 0 Å². The zero-order valence-corrected chi connectivity index (χ0v) is 15.7. The molecule has 7 heteroatoms. The van der Waals surface area contributed by atoms with Crippen molar-refractivity contribution in [1.29, 1.82) is 0 Å². The summed E-state index contributed by atoms with van der Waals surface area (Å²) in [6.45, 7) is 5.79. The van der Waals surface area contributed by atoms with Gasteiger partial charge in [0, 0.05) is 35.8 Å². The zero-order valence-electron chi connectivity index (χ0n) is 14.1. The molecule has 2 aliphatic rings. The third-order valence-corrected chi connectivity index (χ3v) is 6.57. The molecule has 2 atom stereocenters. The Bertz CT molecular complexity index is 870. The molecule has 0 bridgehead atoms. The first-order chi connectivity index (χ1) is 12.2. The summed E-state index contributed by atoms with van der Waals surface area (Å²) < 4.78 is 1.91. The monoisotopic (exact) mass is 373 g/mol. The van der Waals surface area contributed by atoms with Gasteiger partial charge in [0.05, 0.1) is 11.9 Å². The van der Waals surface area contributed by atoms with Gasteiger partial charge in [-0.05, 0) is 38.4 Å². The lowest BCUT2D eigenvalue weighted by molar-refractivity contribution is 0.202. The first-order valence-corrected chi connectivity index (χ1v) is 10.00. The number of fused-ring (bicyclic) bond motifs is 2. The van der Waals surface area contributed by atoms with E-state index in [2.05, 4.69) is 16.7 Å². The summed E-state index contributed by atoms with van der Waals surface area (Å²) in [5.74, 6) is 0. The average Bonchev–Trinajstić information content (AvgIpc) is 3.28. The molecular weight excluding hydrogens is 354 g/mol. The smallest absolute Gasteiger partial charge is 0.214 e. The van der Waals surface area contributed by atoms with Gasteiger partial charge in [0.25, 0.3) is 0 Å². The van der Waals surface area contributed by atoms with Crippen LogP contribution in [0.2, 0.25) is 5.02 Å². The minimum absolute atomic E-state index is 0.501. The highest BCUT2D eigenvalue weighted by Crippen LogP contribution is 2.32. The summed E-state index contributed by atoms with van der Waals surface area (Å²) in [7, 11) is 0. The van der Waals surface area contributed by atoms with Crippen molar-refractivity contribution in [3.63, 3.8) is 0 Å². The van der Waals surface area contributed by atoms with Crippen molar-refractivity contribution in [2.45, 2.75) is 31.8 Å². The fraction of sp³-hybridized carbons (Fsp3) is 0.444. The number of aromatic nitrogens is 3. The first kappa shape index (κ1) is 15.6. The second kappa shape index (κ2) is 5.97. The van der Waals surface area contributed by atoms with Crippen LogP contribution in [0, 0.1) is 0 Å². The maximum Gasteiger partial charge on any atom is 0.214 e. The van der Waals surface area contributed by atoms with Crippen LogP contribution in [0.25, 0.3) is 16.2 Å². The van der Waals surface area contributed by atoms with E-state index >= 15 is 0 Å². The molecular formula is C18H20ClN5S. The Hall–Kier alpha value is -1.63. The molecule has 0 spiro atoms. The summed E-state index contributed by atoms with van der Waals surface area (Å²) in [5.41, 5.74) is 2.01. The number of rotatable bonds is 2. The van der Waals surface area contributed by atoms with Crippen LogP contribution in [0.1, 0.15) is 19.8 Å². The highest BCUT2D eigenvalue weighted by Gasteiger charge is 2.35. The van der Waals surface area contributed by atoms with Crippen LogP contribution >= 0.6 is 22.9 Å². The number of piperazine rings is 1. The van der Waals surface area contributed by atoms with Gasteiger partial charge in [-0.1, -0.05) is 35.1 Å². The molecule has 0 radical (unpaired) electrons. The van der Waals surface area contributed by atoms with Crippen LogP contribution < -0.4 is 4.90 Å². The Morgan fingerprint density at radius 2 is 2.04 bits per heavy atom. The predicted molar refractivity (Wildman–Crippen MR) is 103 cm³/mol. The summed E-state index contributed by atoms with van der Waals surface area (Å²) in [5, 5.41) is 6.65. The quantitative estimate of drug-likeness (QED) is 0.685. The lowest BCUT2D eigenvalue weighted by Gasteiger charge is -2.42. The highest BCUT2D eigenvalue weighted by molar-refractivity contribution is 7.20. The second-order valence-electron chi connectivity index (χ2n) is 7.04. The fourth-order valence-electron chi connectivity index (χ4n) is 4.02. The van der Waals surface area contributed by atoms with Gasteiger partial charge in [-0.3, -0.25) is 4.90 Å². The standard InChI is InChI=1S/C18H20ClN5S/c1-12-9-22-8-2-3-15(22)10-23(12)18-21-24-11-16(20-17(24)25-18)13-4-6-14(19)7-5-13/h4-7,11-12,15H,2-3,8-10H2,1H3. The van der Waals surface area contributed by atoms with E-state index in [1.54, 1.807) is 11.3 Å². The first-order valence-electron chi connectivity index (χ1n) is 8.80. The largest absolute Gasteiger partial charge is 0.341 e. The van der Waals surface area contributed by atoms with Crippen molar-refractivity contribution in [3.05, 3.63) is 35.5 Å². The number of nitrogens with zero attached hydrogens (tertiary/aromatic N) is 5. The molecule has 5 rings (SSSR count). The van der Waals surface area contributed by atoms with Crippen LogP contribution in [0.4, 0.5) is 5.13 Å². The third kappa shape index (κ3) is 2.72. The van der Waals surface area contributed by atoms with Gasteiger partial charge in [-0.25, -0.2) is 9.50 Å². The Morgan fingerprint density at radius 3 is 2.84 bits per heavy atom. The van der Waals surface area contributed by atoms with Gasteiger partial charge < -0.3 is 4.90 Å². The molecule has 2 fully saturated rings. The number of anilines is 1. The van der Waals surface area contributed by atoms with E-state index in [4.69, 9.17) is 21.7 Å². The topological polar surface area (TPSA) is 36.7 Å². The summed E-state index contributed by atoms with van der Waals surface area (Å²) in [6, 6.07) is 8.98. The molecule has 3 aromatic rings. The van der Waals surface area contributed by atoms with Crippen molar-refractivity contribution in [2.75, 3.05) is 24.5 Å².